The highest BCUT2D eigenvalue weighted by Crippen LogP contribution is 2.27. The van der Waals surface area contributed by atoms with Crippen LogP contribution in [-0.2, 0) is 25.3 Å². The zero-order chi connectivity index (χ0) is 22.7. The predicted octanol–water partition coefficient (Wildman–Crippen LogP) is 2.98. The van der Waals surface area contributed by atoms with Gasteiger partial charge in [-0.15, -0.1) is 11.3 Å². The first-order valence-corrected chi connectivity index (χ1v) is 10.3. The van der Waals surface area contributed by atoms with Crippen molar-refractivity contribution in [3.63, 3.8) is 0 Å². The second kappa shape index (κ2) is 9.31. The van der Waals surface area contributed by atoms with Crippen LogP contribution in [0.15, 0.2) is 45.8 Å². The van der Waals surface area contributed by atoms with E-state index in [1.807, 2.05) is 0 Å². The van der Waals surface area contributed by atoms with Crippen molar-refractivity contribution in [3.8, 4) is 6.07 Å². The number of carbonyl (C=O) groups is 1. The summed E-state index contributed by atoms with van der Waals surface area (Å²) in [4.78, 5) is 41.5. The molecule has 2 heterocycles. The van der Waals surface area contributed by atoms with Crippen molar-refractivity contribution in [1.29, 1.82) is 5.26 Å². The van der Waals surface area contributed by atoms with E-state index >= 15 is 0 Å². The Balaban J connectivity index is 1.80. The molecule has 0 bridgehead atoms. The summed E-state index contributed by atoms with van der Waals surface area (Å²) < 4.78 is 2.08. The molecule has 158 valence electrons. The molecule has 0 aliphatic carbocycles. The molecule has 8 nitrogen and oxygen atoms in total. The Kier molecular flexibility index (Phi) is 6.75. The number of aromatic nitrogens is 3. The highest BCUT2D eigenvalue weighted by atomic mass is 35.5. The average Bonchev–Trinajstić information content (AvgIpc) is 3.17. The van der Waals surface area contributed by atoms with Gasteiger partial charge in [-0.25, -0.2) is 9.78 Å². The van der Waals surface area contributed by atoms with Gasteiger partial charge in [0.2, 0.25) is 0 Å². The minimum absolute atomic E-state index is 0.0340. The summed E-state index contributed by atoms with van der Waals surface area (Å²) >= 11 is 13.4. The van der Waals surface area contributed by atoms with Crippen LogP contribution in [0.4, 0.5) is 5.13 Å². The smallest absolute Gasteiger partial charge is 0.303 e. The zero-order valence-electron chi connectivity index (χ0n) is 16.3. The van der Waals surface area contributed by atoms with Gasteiger partial charge in [0, 0.05) is 47.8 Å². The van der Waals surface area contributed by atoms with E-state index in [1.165, 1.54) is 36.2 Å². The number of anilines is 1. The molecule has 0 aliphatic rings. The maximum Gasteiger partial charge on any atom is 0.330 e. The molecule has 0 aliphatic heterocycles. The maximum atomic E-state index is 12.5. The van der Waals surface area contributed by atoms with Crippen molar-refractivity contribution in [1.82, 2.24) is 14.1 Å². The largest absolute Gasteiger partial charge is 0.330 e. The van der Waals surface area contributed by atoms with Crippen molar-refractivity contribution >= 4 is 51.7 Å². The number of aryl methyl sites for hydroxylation is 1. The van der Waals surface area contributed by atoms with Crippen molar-refractivity contribution in [3.05, 3.63) is 83.1 Å². The standard InChI is InChI=1S/C20H15Cl2N5O3S/c1-26-10-13(18(29)27(2)20(26)30)5-12(8-23)17(28)25-19-24-9-15(31-19)7-11-6-14(21)3-4-16(11)22/h3-6,9-10H,7H2,1-2H3,(H,24,25,28)/b12-5+. The molecule has 0 unspecified atom stereocenters. The van der Waals surface area contributed by atoms with Gasteiger partial charge < -0.3 is 4.57 Å². The summed E-state index contributed by atoms with van der Waals surface area (Å²) in [5.41, 5.74) is -0.574. The fourth-order valence-corrected chi connectivity index (χ4v) is 3.93. The van der Waals surface area contributed by atoms with Crippen molar-refractivity contribution in [2.24, 2.45) is 14.1 Å². The Bertz CT molecular complexity index is 1360. The maximum absolute atomic E-state index is 12.5. The monoisotopic (exact) mass is 475 g/mol. The molecule has 11 heteroatoms. The molecule has 0 spiro atoms. The van der Waals surface area contributed by atoms with E-state index in [1.54, 1.807) is 30.5 Å². The molecule has 0 saturated carbocycles. The average molecular weight is 476 g/mol. The van der Waals surface area contributed by atoms with Crippen LogP contribution in [-0.4, -0.2) is 20.0 Å². The van der Waals surface area contributed by atoms with Crippen LogP contribution in [0.3, 0.4) is 0 Å². The van der Waals surface area contributed by atoms with Gasteiger partial charge in [0.05, 0.1) is 5.56 Å². The van der Waals surface area contributed by atoms with Gasteiger partial charge in [-0.1, -0.05) is 23.2 Å². The van der Waals surface area contributed by atoms with E-state index in [0.29, 0.717) is 16.5 Å². The lowest BCUT2D eigenvalue weighted by molar-refractivity contribution is -0.112. The second-order valence-electron chi connectivity index (χ2n) is 6.51. The fourth-order valence-electron chi connectivity index (χ4n) is 2.72. The van der Waals surface area contributed by atoms with E-state index in [9.17, 15) is 19.6 Å². The van der Waals surface area contributed by atoms with Gasteiger partial charge in [-0.05, 0) is 29.8 Å². The number of halogens is 2. The molecule has 31 heavy (non-hydrogen) atoms. The number of amides is 1. The molecule has 1 aromatic carbocycles. The summed E-state index contributed by atoms with van der Waals surface area (Å²) in [5.74, 6) is -0.722. The normalized spacial score (nSPS) is 11.3. The van der Waals surface area contributed by atoms with Crippen molar-refractivity contribution in [2.45, 2.75) is 6.42 Å². The van der Waals surface area contributed by atoms with Gasteiger partial charge in [0.15, 0.2) is 5.13 Å². The van der Waals surface area contributed by atoms with Crippen LogP contribution in [0.25, 0.3) is 6.08 Å². The van der Waals surface area contributed by atoms with Gasteiger partial charge in [0.1, 0.15) is 11.6 Å². The highest BCUT2D eigenvalue weighted by molar-refractivity contribution is 7.15. The first kappa shape index (κ1) is 22.5. The number of thiazole rings is 1. The molecule has 0 fully saturated rings. The SMILES string of the molecule is Cn1cc(/C=C(\C#N)C(=O)Nc2ncc(Cc3cc(Cl)ccc3Cl)s2)c(=O)n(C)c1=O. The van der Waals surface area contributed by atoms with E-state index in [0.717, 1.165) is 21.1 Å². The minimum Gasteiger partial charge on any atom is -0.303 e. The van der Waals surface area contributed by atoms with Crippen LogP contribution in [0.5, 0.6) is 0 Å². The Morgan fingerprint density at radius 1 is 1.32 bits per heavy atom. The van der Waals surface area contributed by atoms with Crippen LogP contribution >= 0.6 is 34.5 Å². The Labute approximate surface area is 190 Å². The minimum atomic E-state index is -0.722. The number of hydrogen-bond donors (Lipinski definition) is 1. The molecule has 0 atom stereocenters. The molecular weight excluding hydrogens is 461 g/mol. The molecule has 0 saturated heterocycles. The molecule has 3 aromatic rings. The van der Waals surface area contributed by atoms with E-state index in [2.05, 4.69) is 10.3 Å². The summed E-state index contributed by atoms with van der Waals surface area (Å²) in [6.45, 7) is 0. The van der Waals surface area contributed by atoms with Gasteiger partial charge in [-0.2, -0.15) is 5.26 Å². The molecule has 2 aromatic heterocycles. The van der Waals surface area contributed by atoms with Crippen molar-refractivity contribution in [2.75, 3.05) is 5.32 Å². The number of benzene rings is 1. The van der Waals surface area contributed by atoms with Gasteiger partial charge in [-0.3, -0.25) is 19.5 Å². The number of nitrogens with zero attached hydrogens (tertiary/aromatic N) is 4. The predicted molar refractivity (Wildman–Crippen MR) is 121 cm³/mol. The van der Waals surface area contributed by atoms with Crippen molar-refractivity contribution < 1.29 is 4.79 Å². The summed E-state index contributed by atoms with van der Waals surface area (Å²) in [7, 11) is 2.78. The van der Waals surface area contributed by atoms with Crippen LogP contribution in [0, 0.1) is 11.3 Å². The van der Waals surface area contributed by atoms with E-state index < -0.39 is 17.2 Å². The lowest BCUT2D eigenvalue weighted by Crippen LogP contribution is -2.37. The Morgan fingerprint density at radius 3 is 2.77 bits per heavy atom. The molecule has 1 amide bonds. The summed E-state index contributed by atoms with van der Waals surface area (Å²) in [5, 5.41) is 13.3. The number of nitrogens with one attached hydrogen (secondary N) is 1. The lowest BCUT2D eigenvalue weighted by atomic mass is 10.1. The molecular formula is C20H15Cl2N5O3S. The van der Waals surface area contributed by atoms with Crippen LogP contribution in [0.1, 0.15) is 16.0 Å². The molecule has 3 rings (SSSR count). The van der Waals surface area contributed by atoms with Crippen LogP contribution in [0.2, 0.25) is 10.0 Å². The highest BCUT2D eigenvalue weighted by Gasteiger charge is 2.15. The summed E-state index contributed by atoms with van der Waals surface area (Å²) in [6.07, 6.45) is 4.47. The Morgan fingerprint density at radius 2 is 2.06 bits per heavy atom. The number of rotatable bonds is 5. The van der Waals surface area contributed by atoms with Crippen LogP contribution < -0.4 is 16.6 Å². The van der Waals surface area contributed by atoms with Gasteiger partial charge in [0.25, 0.3) is 11.5 Å². The quantitative estimate of drug-likeness (QED) is 0.450. The number of hydrogen-bond acceptors (Lipinski definition) is 6. The summed E-state index contributed by atoms with van der Waals surface area (Å²) in [6, 6.07) is 6.92. The van der Waals surface area contributed by atoms with E-state index in [-0.39, 0.29) is 16.3 Å². The third-order valence-corrected chi connectivity index (χ3v) is 5.80. The third-order valence-electron chi connectivity index (χ3n) is 4.28. The Hall–Kier alpha value is -3.19. The first-order chi connectivity index (χ1) is 14.7. The van der Waals surface area contributed by atoms with Gasteiger partial charge >= 0.3 is 5.69 Å². The molecule has 0 radical (unpaired) electrons. The fraction of sp³-hybridized carbons (Fsp3) is 0.150. The zero-order valence-corrected chi connectivity index (χ0v) is 18.7. The lowest BCUT2D eigenvalue weighted by Gasteiger charge is -2.04. The number of carbonyl (C=O) groups excluding carboxylic acids is 1. The first-order valence-electron chi connectivity index (χ1n) is 8.78. The topological polar surface area (TPSA) is 110 Å². The second-order valence-corrected chi connectivity index (χ2v) is 8.47. The van der Waals surface area contributed by atoms with E-state index in [4.69, 9.17) is 23.2 Å². The molecule has 1 N–H and O–H groups in total. The number of nitriles is 1. The third kappa shape index (κ3) is 5.11.